The van der Waals surface area contributed by atoms with Gasteiger partial charge in [0.15, 0.2) is 6.10 Å². The van der Waals surface area contributed by atoms with Crippen molar-refractivity contribution in [3.05, 3.63) is 16.1 Å². The van der Waals surface area contributed by atoms with Crippen LogP contribution >= 0.6 is 11.3 Å². The molecule has 1 aromatic heterocycles. The number of thiazole rings is 1. The molecule has 7 nitrogen and oxygen atoms in total. The minimum atomic E-state index is -1.12. The molecule has 1 heterocycles. The number of amides is 2. The molecule has 0 aliphatic rings. The van der Waals surface area contributed by atoms with E-state index in [1.165, 1.54) is 18.4 Å². The van der Waals surface area contributed by atoms with Crippen molar-refractivity contribution in [2.75, 3.05) is 13.7 Å². The van der Waals surface area contributed by atoms with E-state index in [0.717, 1.165) is 9.88 Å². The van der Waals surface area contributed by atoms with Crippen LogP contribution in [0.2, 0.25) is 0 Å². The minimum Gasteiger partial charge on any atom is -0.479 e. The number of carboxylic acid groups (broad SMARTS) is 1. The van der Waals surface area contributed by atoms with Crippen LogP contribution in [0.5, 0.6) is 0 Å². The summed E-state index contributed by atoms with van der Waals surface area (Å²) in [5.74, 6) is -1.12. The Hall–Kier alpha value is -1.67. The highest BCUT2D eigenvalue weighted by Crippen LogP contribution is 2.18. The number of aliphatic carboxylic acids is 1. The molecule has 3 N–H and O–H groups in total. The van der Waals surface area contributed by atoms with E-state index in [0.29, 0.717) is 0 Å². The summed E-state index contributed by atoms with van der Waals surface area (Å²) in [6, 6.07) is -0.687. The van der Waals surface area contributed by atoms with Crippen LogP contribution < -0.4 is 10.6 Å². The van der Waals surface area contributed by atoms with E-state index >= 15 is 0 Å². The molecule has 1 aromatic rings. The number of carbonyl (C=O) groups is 2. The van der Waals surface area contributed by atoms with Gasteiger partial charge in [0.2, 0.25) is 0 Å². The largest absolute Gasteiger partial charge is 0.479 e. The summed E-state index contributed by atoms with van der Waals surface area (Å²) in [6.07, 6.45) is 0.685. The molecule has 0 bridgehead atoms. The van der Waals surface area contributed by atoms with Gasteiger partial charge in [0, 0.05) is 18.2 Å². The minimum absolute atomic E-state index is 0.0959. The molecule has 0 aliphatic heterocycles. The Morgan fingerprint density at radius 3 is 2.74 bits per heavy atom. The van der Waals surface area contributed by atoms with Crippen LogP contribution in [0, 0.1) is 6.92 Å². The van der Waals surface area contributed by atoms with Crippen LogP contribution in [-0.4, -0.2) is 41.8 Å². The van der Waals surface area contributed by atoms with Gasteiger partial charge in [0.25, 0.3) is 0 Å². The fourth-order valence-corrected chi connectivity index (χ4v) is 2.12. The topological polar surface area (TPSA) is 101 Å². The smallest absolute Gasteiger partial charge is 0.334 e. The Bertz CT molecular complexity index is 449. The van der Waals surface area contributed by atoms with Crippen molar-refractivity contribution in [3.8, 4) is 0 Å². The molecule has 2 atom stereocenters. The highest BCUT2D eigenvalue weighted by atomic mass is 32.1. The lowest BCUT2D eigenvalue weighted by molar-refractivity contribution is -0.147. The summed E-state index contributed by atoms with van der Waals surface area (Å²) in [5, 5.41) is 14.7. The Balaban J connectivity index is 2.41. The first-order chi connectivity index (χ1) is 8.93. The Kier molecular flexibility index (Phi) is 5.71. The number of nitrogens with zero attached hydrogens (tertiary/aromatic N) is 1. The average Bonchev–Trinajstić information content (AvgIpc) is 2.76. The summed E-state index contributed by atoms with van der Waals surface area (Å²) < 4.78 is 4.70. The zero-order valence-corrected chi connectivity index (χ0v) is 11.8. The van der Waals surface area contributed by atoms with Gasteiger partial charge in [0.05, 0.1) is 12.6 Å². The second kappa shape index (κ2) is 7.05. The normalized spacial score (nSPS) is 13.6. The number of hydrogen-bond donors (Lipinski definition) is 3. The lowest BCUT2D eigenvalue weighted by Gasteiger charge is -2.14. The predicted octanol–water partition coefficient (Wildman–Crippen LogP) is 0.911. The first-order valence-electron chi connectivity index (χ1n) is 5.66. The Labute approximate surface area is 115 Å². The highest BCUT2D eigenvalue weighted by molar-refractivity contribution is 7.11. The van der Waals surface area contributed by atoms with Gasteiger partial charge in [-0.05, 0) is 13.8 Å². The van der Waals surface area contributed by atoms with Crippen LogP contribution in [0.1, 0.15) is 22.9 Å². The number of rotatable bonds is 6. The van der Waals surface area contributed by atoms with Crippen molar-refractivity contribution in [2.45, 2.75) is 26.0 Å². The van der Waals surface area contributed by atoms with E-state index in [2.05, 4.69) is 15.6 Å². The van der Waals surface area contributed by atoms with Crippen LogP contribution in [0.15, 0.2) is 6.20 Å². The molecule has 0 aliphatic carbocycles. The van der Waals surface area contributed by atoms with Crippen molar-refractivity contribution >= 4 is 23.3 Å². The first-order valence-corrected chi connectivity index (χ1v) is 6.48. The van der Waals surface area contributed by atoms with E-state index in [9.17, 15) is 9.59 Å². The predicted molar refractivity (Wildman–Crippen MR) is 70.2 cm³/mol. The number of carboxylic acids is 1. The monoisotopic (exact) mass is 287 g/mol. The fraction of sp³-hybridized carbons (Fsp3) is 0.545. The van der Waals surface area contributed by atoms with Gasteiger partial charge >= 0.3 is 12.0 Å². The number of aromatic nitrogens is 1. The average molecular weight is 287 g/mol. The van der Waals surface area contributed by atoms with Gasteiger partial charge in [0.1, 0.15) is 5.01 Å². The number of urea groups is 1. The van der Waals surface area contributed by atoms with Gasteiger partial charge in [-0.15, -0.1) is 11.3 Å². The highest BCUT2D eigenvalue weighted by Gasteiger charge is 2.18. The number of ether oxygens (including phenoxy) is 1. The Morgan fingerprint density at radius 1 is 1.58 bits per heavy atom. The maximum absolute atomic E-state index is 11.6. The molecule has 0 saturated carbocycles. The zero-order chi connectivity index (χ0) is 14.4. The third-order valence-electron chi connectivity index (χ3n) is 2.37. The lowest BCUT2D eigenvalue weighted by atomic mass is 10.3. The number of carbonyl (C=O) groups excluding carboxylic acids is 1. The molecular weight excluding hydrogens is 270 g/mol. The summed E-state index contributed by atoms with van der Waals surface area (Å²) in [4.78, 5) is 27.5. The van der Waals surface area contributed by atoms with Gasteiger partial charge in [-0.1, -0.05) is 0 Å². The molecule has 2 unspecified atom stereocenters. The molecule has 8 heteroatoms. The maximum atomic E-state index is 11.6. The molecule has 19 heavy (non-hydrogen) atoms. The van der Waals surface area contributed by atoms with Crippen molar-refractivity contribution in [1.29, 1.82) is 0 Å². The van der Waals surface area contributed by atoms with E-state index in [1.807, 2.05) is 13.8 Å². The van der Waals surface area contributed by atoms with Gasteiger partial charge in [-0.2, -0.15) is 0 Å². The third-order valence-corrected chi connectivity index (χ3v) is 3.46. The number of nitrogens with one attached hydrogen (secondary N) is 2. The summed E-state index contributed by atoms with van der Waals surface area (Å²) in [6.45, 7) is 3.65. The van der Waals surface area contributed by atoms with Gasteiger partial charge in [-0.3, -0.25) is 0 Å². The van der Waals surface area contributed by atoms with Crippen LogP contribution in [0.3, 0.4) is 0 Å². The molecular formula is C11H17N3O4S. The maximum Gasteiger partial charge on any atom is 0.334 e. The van der Waals surface area contributed by atoms with E-state index in [4.69, 9.17) is 9.84 Å². The second-order valence-corrected chi connectivity index (χ2v) is 5.21. The number of hydrogen-bond acceptors (Lipinski definition) is 5. The number of methoxy groups -OCH3 is 1. The van der Waals surface area contributed by atoms with Crippen molar-refractivity contribution in [3.63, 3.8) is 0 Å². The van der Waals surface area contributed by atoms with Crippen LogP contribution in [0.25, 0.3) is 0 Å². The van der Waals surface area contributed by atoms with Gasteiger partial charge < -0.3 is 20.5 Å². The van der Waals surface area contributed by atoms with Crippen molar-refractivity contribution in [2.24, 2.45) is 0 Å². The molecule has 2 amide bonds. The van der Waals surface area contributed by atoms with Crippen molar-refractivity contribution in [1.82, 2.24) is 15.6 Å². The molecule has 0 saturated heterocycles. The van der Waals surface area contributed by atoms with E-state index in [-0.39, 0.29) is 12.6 Å². The summed E-state index contributed by atoms with van der Waals surface area (Å²) >= 11 is 1.50. The van der Waals surface area contributed by atoms with Gasteiger partial charge in [-0.25, -0.2) is 14.6 Å². The fourth-order valence-electron chi connectivity index (χ4n) is 1.34. The van der Waals surface area contributed by atoms with E-state index < -0.39 is 18.1 Å². The van der Waals surface area contributed by atoms with E-state index in [1.54, 1.807) is 6.20 Å². The third kappa shape index (κ3) is 4.84. The van der Waals surface area contributed by atoms with Crippen LogP contribution in [-0.2, 0) is 9.53 Å². The standard InChI is InChI=1S/C11H17N3O4S/c1-6-4-12-9(19-6)7(2)14-11(17)13-5-8(18-3)10(15)16/h4,7-8H,5H2,1-3H3,(H,15,16)(H2,13,14,17). The molecule has 1 rings (SSSR count). The lowest BCUT2D eigenvalue weighted by Crippen LogP contribution is -2.43. The molecule has 0 fully saturated rings. The van der Waals surface area contributed by atoms with Crippen molar-refractivity contribution < 1.29 is 19.4 Å². The first kappa shape index (κ1) is 15.4. The SMILES string of the molecule is COC(CNC(=O)NC(C)c1ncc(C)s1)C(=O)O. The van der Waals surface area contributed by atoms with Crippen LogP contribution in [0.4, 0.5) is 4.79 Å². The molecule has 0 spiro atoms. The summed E-state index contributed by atoms with van der Waals surface area (Å²) in [7, 11) is 1.28. The summed E-state index contributed by atoms with van der Waals surface area (Å²) in [5.41, 5.74) is 0. The molecule has 106 valence electrons. The molecule has 0 aromatic carbocycles. The molecule has 0 radical (unpaired) electrons. The second-order valence-electron chi connectivity index (χ2n) is 3.95. The quantitative estimate of drug-likeness (QED) is 0.722. The number of aryl methyl sites for hydroxylation is 1. The Morgan fingerprint density at radius 2 is 2.26 bits per heavy atom. The zero-order valence-electron chi connectivity index (χ0n) is 11.0.